The van der Waals surface area contributed by atoms with Crippen molar-refractivity contribution in [2.45, 2.75) is 31.6 Å². The lowest BCUT2D eigenvalue weighted by Crippen LogP contribution is -2.38. The molecule has 1 aromatic heterocycles. The summed E-state index contributed by atoms with van der Waals surface area (Å²) in [7, 11) is 3.26. The molecule has 1 aliphatic heterocycles. The zero-order chi connectivity index (χ0) is 20.2. The van der Waals surface area contributed by atoms with E-state index in [1.54, 1.807) is 14.2 Å². The normalized spacial score (nSPS) is 14.9. The van der Waals surface area contributed by atoms with Gasteiger partial charge in [0.25, 0.3) is 0 Å². The summed E-state index contributed by atoms with van der Waals surface area (Å²) in [5.41, 5.74) is 2.76. The fraction of sp³-hybridized carbons (Fsp3) is 0.391. The Morgan fingerprint density at radius 2 is 1.79 bits per heavy atom. The molecule has 1 saturated heterocycles. The van der Waals surface area contributed by atoms with Crippen LogP contribution in [0, 0.1) is 0 Å². The van der Waals surface area contributed by atoms with Crippen molar-refractivity contribution in [2.75, 3.05) is 27.3 Å². The monoisotopic (exact) mass is 394 g/mol. The van der Waals surface area contributed by atoms with Gasteiger partial charge in [-0.15, -0.1) is 0 Å². The number of aryl methyl sites for hydroxylation is 1. The van der Waals surface area contributed by atoms with Crippen LogP contribution < -0.4 is 9.47 Å². The first-order valence-electron chi connectivity index (χ1n) is 10.0. The summed E-state index contributed by atoms with van der Waals surface area (Å²) in [4.78, 5) is 19.3. The molecule has 0 N–H and O–H groups in total. The highest BCUT2D eigenvalue weighted by molar-refractivity contribution is 5.76. The lowest BCUT2D eigenvalue weighted by atomic mass is 9.96. The third-order valence-corrected chi connectivity index (χ3v) is 5.55. The number of oxazole rings is 1. The molecule has 1 fully saturated rings. The van der Waals surface area contributed by atoms with E-state index in [0.717, 1.165) is 60.0 Å². The summed E-state index contributed by atoms with van der Waals surface area (Å²) >= 11 is 0. The summed E-state index contributed by atoms with van der Waals surface area (Å²) in [6.45, 7) is 1.48. The fourth-order valence-electron chi connectivity index (χ4n) is 3.86. The van der Waals surface area contributed by atoms with Gasteiger partial charge in [0.2, 0.25) is 5.91 Å². The Balaban J connectivity index is 1.32. The molecule has 152 valence electrons. The van der Waals surface area contributed by atoms with Crippen molar-refractivity contribution >= 4 is 17.0 Å². The molecule has 1 aliphatic rings. The van der Waals surface area contributed by atoms with E-state index in [0.29, 0.717) is 12.8 Å². The largest absolute Gasteiger partial charge is 0.497 e. The van der Waals surface area contributed by atoms with Crippen LogP contribution in [-0.4, -0.2) is 43.1 Å². The van der Waals surface area contributed by atoms with Crippen LogP contribution >= 0.6 is 0 Å². The highest BCUT2D eigenvalue weighted by Gasteiger charge is 2.26. The second kappa shape index (κ2) is 8.55. The number of piperidine rings is 1. The maximum absolute atomic E-state index is 12.7. The predicted octanol–water partition coefficient (Wildman–Crippen LogP) is 4.18. The molecule has 0 atom stereocenters. The maximum Gasteiger partial charge on any atom is 0.222 e. The summed E-state index contributed by atoms with van der Waals surface area (Å²) in [6.07, 6.45) is 2.90. The van der Waals surface area contributed by atoms with Gasteiger partial charge in [0.1, 0.15) is 17.0 Å². The van der Waals surface area contributed by atoms with Crippen molar-refractivity contribution < 1.29 is 18.7 Å². The lowest BCUT2D eigenvalue weighted by molar-refractivity contribution is -0.132. The van der Waals surface area contributed by atoms with Gasteiger partial charge in [-0.2, -0.15) is 0 Å². The Morgan fingerprint density at radius 1 is 1.10 bits per heavy atom. The molecule has 0 aliphatic carbocycles. The minimum Gasteiger partial charge on any atom is -0.497 e. The standard InChI is InChI=1S/C23H26N2O4/c1-27-18-13-16(14-19(15-18)28-2)7-8-22(26)25-11-9-17(10-12-25)23-24-20-5-3-4-6-21(20)29-23/h3-6,13-15,17H,7-12H2,1-2H3. The minimum atomic E-state index is 0.183. The van der Waals surface area contributed by atoms with Crippen molar-refractivity contribution in [3.8, 4) is 11.5 Å². The quantitative estimate of drug-likeness (QED) is 0.627. The summed E-state index contributed by atoms with van der Waals surface area (Å²) in [6, 6.07) is 13.6. The van der Waals surface area contributed by atoms with Gasteiger partial charge in [0.15, 0.2) is 11.5 Å². The summed E-state index contributed by atoms with van der Waals surface area (Å²) < 4.78 is 16.5. The molecule has 0 radical (unpaired) electrons. The number of nitrogens with zero attached hydrogens (tertiary/aromatic N) is 2. The Labute approximate surface area is 170 Å². The molecule has 2 aromatic carbocycles. The van der Waals surface area contributed by atoms with Crippen LogP contribution in [0.3, 0.4) is 0 Å². The van der Waals surface area contributed by atoms with Crippen molar-refractivity contribution in [1.29, 1.82) is 0 Å². The second-order valence-corrected chi connectivity index (χ2v) is 7.40. The van der Waals surface area contributed by atoms with E-state index in [1.165, 1.54) is 0 Å². The number of hydrogen-bond donors (Lipinski definition) is 0. The zero-order valence-electron chi connectivity index (χ0n) is 16.9. The van der Waals surface area contributed by atoms with Gasteiger partial charge >= 0.3 is 0 Å². The fourth-order valence-corrected chi connectivity index (χ4v) is 3.86. The maximum atomic E-state index is 12.7. The first-order chi connectivity index (χ1) is 14.2. The van der Waals surface area contributed by atoms with E-state index in [4.69, 9.17) is 13.9 Å². The van der Waals surface area contributed by atoms with Gasteiger partial charge in [-0.05, 0) is 49.1 Å². The molecule has 6 heteroatoms. The third kappa shape index (κ3) is 4.36. The van der Waals surface area contributed by atoms with Gasteiger partial charge < -0.3 is 18.8 Å². The number of benzene rings is 2. The zero-order valence-corrected chi connectivity index (χ0v) is 16.9. The number of carbonyl (C=O) groups is 1. The average Bonchev–Trinajstić information content (AvgIpc) is 3.21. The smallest absolute Gasteiger partial charge is 0.222 e. The van der Waals surface area contributed by atoms with Crippen LogP contribution in [-0.2, 0) is 11.2 Å². The Kier molecular flexibility index (Phi) is 5.69. The Bertz CT molecular complexity index is 934. The van der Waals surface area contributed by atoms with Crippen LogP contribution in [0.1, 0.15) is 36.6 Å². The Morgan fingerprint density at radius 3 is 2.45 bits per heavy atom. The molecule has 29 heavy (non-hydrogen) atoms. The van der Waals surface area contributed by atoms with Crippen molar-refractivity contribution in [3.05, 3.63) is 53.9 Å². The molecule has 0 bridgehead atoms. The van der Waals surface area contributed by atoms with Crippen molar-refractivity contribution in [1.82, 2.24) is 9.88 Å². The number of aromatic nitrogens is 1. The first kappa shape index (κ1) is 19.3. The molecule has 6 nitrogen and oxygen atoms in total. The van der Waals surface area contributed by atoms with Gasteiger partial charge in [0, 0.05) is 31.5 Å². The van der Waals surface area contributed by atoms with Crippen LogP contribution in [0.4, 0.5) is 0 Å². The van der Waals surface area contributed by atoms with E-state index < -0.39 is 0 Å². The van der Waals surface area contributed by atoms with Gasteiger partial charge in [-0.3, -0.25) is 4.79 Å². The molecule has 0 unspecified atom stereocenters. The summed E-state index contributed by atoms with van der Waals surface area (Å²) in [5.74, 6) is 2.73. The van der Waals surface area contributed by atoms with Gasteiger partial charge in [-0.1, -0.05) is 12.1 Å². The number of hydrogen-bond acceptors (Lipinski definition) is 5. The molecular formula is C23H26N2O4. The predicted molar refractivity (Wildman–Crippen MR) is 110 cm³/mol. The number of carbonyl (C=O) groups excluding carboxylic acids is 1. The van der Waals surface area contributed by atoms with Crippen LogP contribution in [0.25, 0.3) is 11.1 Å². The van der Waals surface area contributed by atoms with Crippen LogP contribution in [0.5, 0.6) is 11.5 Å². The summed E-state index contributed by atoms with van der Waals surface area (Å²) in [5, 5.41) is 0. The molecule has 0 spiro atoms. The number of amides is 1. The Hall–Kier alpha value is -3.02. The second-order valence-electron chi connectivity index (χ2n) is 7.40. The van der Waals surface area contributed by atoms with Crippen LogP contribution in [0.15, 0.2) is 46.9 Å². The van der Waals surface area contributed by atoms with Crippen molar-refractivity contribution in [2.24, 2.45) is 0 Å². The number of rotatable bonds is 6. The number of fused-ring (bicyclic) bond motifs is 1. The highest BCUT2D eigenvalue weighted by atomic mass is 16.5. The molecular weight excluding hydrogens is 368 g/mol. The molecule has 3 aromatic rings. The van der Waals surface area contributed by atoms with E-state index in [-0.39, 0.29) is 11.8 Å². The van der Waals surface area contributed by atoms with Crippen LogP contribution in [0.2, 0.25) is 0 Å². The number of para-hydroxylation sites is 2. The van der Waals surface area contributed by atoms with Crippen molar-refractivity contribution in [3.63, 3.8) is 0 Å². The topological polar surface area (TPSA) is 64.8 Å². The minimum absolute atomic E-state index is 0.183. The van der Waals surface area contributed by atoms with E-state index in [1.807, 2.05) is 47.4 Å². The molecule has 1 amide bonds. The highest BCUT2D eigenvalue weighted by Crippen LogP contribution is 2.30. The number of likely N-dealkylation sites (tertiary alicyclic amines) is 1. The average molecular weight is 394 g/mol. The SMILES string of the molecule is COc1cc(CCC(=O)N2CCC(c3nc4ccccc4o3)CC2)cc(OC)c1. The van der Waals surface area contributed by atoms with Gasteiger partial charge in [0.05, 0.1) is 14.2 Å². The first-order valence-corrected chi connectivity index (χ1v) is 10.0. The lowest BCUT2D eigenvalue weighted by Gasteiger charge is -2.30. The van der Waals surface area contributed by atoms with E-state index in [2.05, 4.69) is 4.98 Å². The molecule has 2 heterocycles. The van der Waals surface area contributed by atoms with E-state index >= 15 is 0 Å². The number of ether oxygens (including phenoxy) is 2. The third-order valence-electron chi connectivity index (χ3n) is 5.55. The van der Waals surface area contributed by atoms with E-state index in [9.17, 15) is 4.79 Å². The molecule has 0 saturated carbocycles. The molecule has 4 rings (SSSR count). The van der Waals surface area contributed by atoms with Gasteiger partial charge in [-0.25, -0.2) is 4.98 Å². The number of methoxy groups -OCH3 is 2.